The van der Waals surface area contributed by atoms with Gasteiger partial charge in [0.15, 0.2) is 11.5 Å². The van der Waals surface area contributed by atoms with E-state index in [0.717, 1.165) is 48.8 Å². The lowest BCUT2D eigenvalue weighted by Gasteiger charge is -2.26. The van der Waals surface area contributed by atoms with Crippen LogP contribution in [0.3, 0.4) is 0 Å². The fourth-order valence-corrected chi connectivity index (χ4v) is 4.29. The third kappa shape index (κ3) is 4.30. The maximum atomic E-state index is 6.11. The summed E-state index contributed by atoms with van der Waals surface area (Å²) < 4.78 is 17.4. The lowest BCUT2D eigenvalue weighted by Crippen LogP contribution is -2.28. The summed E-state index contributed by atoms with van der Waals surface area (Å²) in [6.07, 6.45) is 6.39. The van der Waals surface area contributed by atoms with E-state index < -0.39 is 0 Å². The maximum Gasteiger partial charge on any atom is 0.161 e. The van der Waals surface area contributed by atoms with Crippen molar-refractivity contribution in [3.63, 3.8) is 0 Å². The Morgan fingerprint density at radius 2 is 1.90 bits per heavy atom. The van der Waals surface area contributed by atoms with Gasteiger partial charge in [-0.25, -0.2) is 0 Å². The van der Waals surface area contributed by atoms with Crippen LogP contribution in [0.2, 0.25) is 0 Å². The minimum atomic E-state index is 0.144. The van der Waals surface area contributed by atoms with Crippen molar-refractivity contribution < 1.29 is 14.2 Å². The Labute approximate surface area is 183 Å². The predicted octanol–water partition coefficient (Wildman–Crippen LogP) is 5.11. The van der Waals surface area contributed by atoms with Crippen LogP contribution < -0.4 is 19.5 Å². The molecule has 5 rings (SSSR count). The second-order valence-electron chi connectivity index (χ2n) is 7.98. The molecule has 0 aliphatic carbocycles. The van der Waals surface area contributed by atoms with E-state index in [2.05, 4.69) is 59.9 Å². The van der Waals surface area contributed by atoms with Crippen LogP contribution in [0.25, 0.3) is 6.08 Å². The van der Waals surface area contributed by atoms with Crippen molar-refractivity contribution >= 4 is 6.08 Å². The molecule has 2 heterocycles. The lowest BCUT2D eigenvalue weighted by atomic mass is 9.93. The van der Waals surface area contributed by atoms with Crippen LogP contribution in [0.15, 0.2) is 66.7 Å². The quantitative estimate of drug-likeness (QED) is 0.610. The molecule has 0 aromatic heterocycles. The smallest absolute Gasteiger partial charge is 0.161 e. The highest BCUT2D eigenvalue weighted by Gasteiger charge is 2.21. The van der Waals surface area contributed by atoms with E-state index in [-0.39, 0.29) is 6.04 Å². The van der Waals surface area contributed by atoms with Gasteiger partial charge in [-0.1, -0.05) is 48.6 Å². The highest BCUT2D eigenvalue weighted by atomic mass is 16.5. The van der Waals surface area contributed by atoms with Gasteiger partial charge in [-0.15, -0.1) is 0 Å². The molecule has 1 unspecified atom stereocenters. The van der Waals surface area contributed by atoms with Gasteiger partial charge >= 0.3 is 0 Å². The summed E-state index contributed by atoms with van der Waals surface area (Å²) in [6.45, 7) is 2.25. The van der Waals surface area contributed by atoms with Crippen LogP contribution in [0.1, 0.15) is 33.9 Å². The van der Waals surface area contributed by atoms with E-state index in [9.17, 15) is 0 Å². The molecule has 0 saturated carbocycles. The van der Waals surface area contributed by atoms with Gasteiger partial charge in [0.05, 0.1) is 19.8 Å². The molecule has 31 heavy (non-hydrogen) atoms. The Morgan fingerprint density at radius 1 is 1.00 bits per heavy atom. The van der Waals surface area contributed by atoms with Gasteiger partial charge in [0.25, 0.3) is 0 Å². The molecular formula is C27H27NO3. The molecule has 158 valence electrons. The van der Waals surface area contributed by atoms with E-state index in [1.165, 1.54) is 22.3 Å². The predicted molar refractivity (Wildman–Crippen MR) is 123 cm³/mol. The first-order valence-electron chi connectivity index (χ1n) is 10.8. The standard InChI is InChI=1S/C27H27NO3/c1-29-26-17-23-21(16-27(26)31-18-20-5-3-2-4-6-20)11-13-28-24(23)9-7-19-8-10-25-22(15-19)12-14-30-25/h2-10,15-17,24,28H,11-14,18H2,1H3. The number of fused-ring (bicyclic) bond motifs is 2. The molecule has 1 N–H and O–H groups in total. The molecule has 0 saturated heterocycles. The summed E-state index contributed by atoms with van der Waals surface area (Å²) >= 11 is 0. The van der Waals surface area contributed by atoms with Gasteiger partial charge in [0, 0.05) is 13.0 Å². The molecule has 0 fully saturated rings. The minimum Gasteiger partial charge on any atom is -0.493 e. The first-order valence-corrected chi connectivity index (χ1v) is 10.8. The van der Waals surface area contributed by atoms with Crippen molar-refractivity contribution in [2.45, 2.75) is 25.5 Å². The molecule has 3 aromatic carbocycles. The van der Waals surface area contributed by atoms with Crippen molar-refractivity contribution in [2.75, 3.05) is 20.3 Å². The molecule has 4 nitrogen and oxygen atoms in total. The number of benzene rings is 3. The number of ether oxygens (including phenoxy) is 3. The molecule has 0 bridgehead atoms. The average molecular weight is 414 g/mol. The van der Waals surface area contributed by atoms with Crippen molar-refractivity contribution in [3.8, 4) is 17.2 Å². The van der Waals surface area contributed by atoms with Crippen LogP contribution in [0, 0.1) is 0 Å². The van der Waals surface area contributed by atoms with Gasteiger partial charge in [0.2, 0.25) is 0 Å². The van der Waals surface area contributed by atoms with Crippen molar-refractivity contribution in [2.24, 2.45) is 0 Å². The molecular weight excluding hydrogens is 386 g/mol. The van der Waals surface area contributed by atoms with Crippen molar-refractivity contribution in [1.29, 1.82) is 0 Å². The number of methoxy groups -OCH3 is 1. The zero-order valence-electron chi connectivity index (χ0n) is 17.8. The molecule has 0 radical (unpaired) electrons. The van der Waals surface area contributed by atoms with Gasteiger partial charge < -0.3 is 19.5 Å². The van der Waals surface area contributed by atoms with E-state index in [4.69, 9.17) is 14.2 Å². The maximum absolute atomic E-state index is 6.11. The Bertz CT molecular complexity index is 1090. The Hall–Kier alpha value is -3.24. The third-order valence-electron chi connectivity index (χ3n) is 5.95. The first kappa shape index (κ1) is 19.7. The summed E-state index contributed by atoms with van der Waals surface area (Å²) in [5.41, 5.74) is 6.19. The molecule has 1 atom stereocenters. The highest BCUT2D eigenvalue weighted by Crippen LogP contribution is 2.36. The normalized spacial score (nSPS) is 17.1. The van der Waals surface area contributed by atoms with Crippen LogP contribution in [0.4, 0.5) is 0 Å². The molecule has 4 heteroatoms. The summed E-state index contributed by atoms with van der Waals surface area (Å²) in [4.78, 5) is 0. The zero-order valence-corrected chi connectivity index (χ0v) is 17.8. The fraction of sp³-hybridized carbons (Fsp3) is 0.259. The van der Waals surface area contributed by atoms with Gasteiger partial charge in [-0.05, 0) is 58.5 Å². The second-order valence-corrected chi connectivity index (χ2v) is 7.98. The molecule has 0 spiro atoms. The summed E-state index contributed by atoms with van der Waals surface area (Å²) in [5.74, 6) is 2.59. The first-order chi connectivity index (χ1) is 15.3. The molecule has 2 aliphatic rings. The molecule has 3 aromatic rings. The van der Waals surface area contributed by atoms with Gasteiger partial charge in [0.1, 0.15) is 12.4 Å². The zero-order chi connectivity index (χ0) is 21.0. The van der Waals surface area contributed by atoms with Crippen LogP contribution in [0.5, 0.6) is 17.2 Å². The molecule has 0 amide bonds. The summed E-state index contributed by atoms with van der Waals surface area (Å²) in [6, 6.07) is 21.0. The molecule has 2 aliphatic heterocycles. The van der Waals surface area contributed by atoms with E-state index >= 15 is 0 Å². The number of rotatable bonds is 6. The number of nitrogens with one attached hydrogen (secondary N) is 1. The van der Waals surface area contributed by atoms with E-state index in [1.807, 2.05) is 18.2 Å². The van der Waals surface area contributed by atoms with E-state index in [1.54, 1.807) is 7.11 Å². The number of hydrogen-bond acceptors (Lipinski definition) is 4. The summed E-state index contributed by atoms with van der Waals surface area (Å²) in [7, 11) is 1.70. The second kappa shape index (κ2) is 8.86. The topological polar surface area (TPSA) is 39.7 Å². The van der Waals surface area contributed by atoms with Crippen LogP contribution in [-0.4, -0.2) is 20.3 Å². The Morgan fingerprint density at radius 3 is 2.77 bits per heavy atom. The van der Waals surface area contributed by atoms with Crippen LogP contribution >= 0.6 is 0 Å². The van der Waals surface area contributed by atoms with Crippen LogP contribution in [-0.2, 0) is 19.4 Å². The average Bonchev–Trinajstić information content (AvgIpc) is 3.29. The third-order valence-corrected chi connectivity index (χ3v) is 5.95. The minimum absolute atomic E-state index is 0.144. The lowest BCUT2D eigenvalue weighted by molar-refractivity contribution is 0.283. The van der Waals surface area contributed by atoms with E-state index in [0.29, 0.717) is 6.61 Å². The largest absolute Gasteiger partial charge is 0.493 e. The summed E-state index contributed by atoms with van der Waals surface area (Å²) in [5, 5.41) is 3.62. The van der Waals surface area contributed by atoms with Gasteiger partial charge in [-0.3, -0.25) is 0 Å². The Balaban J connectivity index is 1.37. The van der Waals surface area contributed by atoms with Gasteiger partial charge in [-0.2, -0.15) is 0 Å². The van der Waals surface area contributed by atoms with Crippen molar-refractivity contribution in [3.05, 3.63) is 94.6 Å². The monoisotopic (exact) mass is 413 g/mol. The van der Waals surface area contributed by atoms with Crippen molar-refractivity contribution in [1.82, 2.24) is 5.32 Å². The highest BCUT2D eigenvalue weighted by molar-refractivity contribution is 5.57. The number of hydrogen-bond donors (Lipinski definition) is 1. The fourth-order valence-electron chi connectivity index (χ4n) is 4.29. The Kier molecular flexibility index (Phi) is 5.63. The SMILES string of the molecule is COc1cc2c(cc1OCc1ccccc1)CCNC2C=Cc1ccc2c(c1)CCO2.